The molecule has 0 aliphatic carbocycles. The van der Waals surface area contributed by atoms with E-state index in [-0.39, 0.29) is 12.0 Å². The van der Waals surface area contributed by atoms with Crippen LogP contribution in [0.1, 0.15) is 25.3 Å². The van der Waals surface area contributed by atoms with Crippen molar-refractivity contribution in [2.45, 2.75) is 26.3 Å². The fourth-order valence-corrected chi connectivity index (χ4v) is 3.37. The van der Waals surface area contributed by atoms with Crippen molar-refractivity contribution in [3.05, 3.63) is 28.2 Å². The number of aliphatic hydroxyl groups excluding tert-OH is 1. The maximum absolute atomic E-state index is 9.35. The third kappa shape index (κ3) is 5.87. The Labute approximate surface area is 158 Å². The number of nitrogens with zero attached hydrogens (tertiary/aromatic N) is 1. The van der Waals surface area contributed by atoms with Crippen LogP contribution in [0.15, 0.2) is 27.7 Å². The molecule has 1 unspecified atom stereocenters. The number of benzene rings is 1. The summed E-state index contributed by atoms with van der Waals surface area (Å²) < 4.78 is 12.0. The van der Waals surface area contributed by atoms with Gasteiger partial charge >= 0.3 is 0 Å². The summed E-state index contributed by atoms with van der Waals surface area (Å²) in [5.74, 6) is 1.58. The van der Waals surface area contributed by atoms with Crippen molar-refractivity contribution in [1.29, 1.82) is 0 Å². The monoisotopic (exact) mass is 413 g/mol. The molecule has 7 heteroatoms. The molecule has 6 nitrogen and oxygen atoms in total. The van der Waals surface area contributed by atoms with Gasteiger partial charge in [-0.15, -0.1) is 0 Å². The molecular weight excluding hydrogens is 386 g/mol. The minimum atomic E-state index is -0.0155. The zero-order valence-electron chi connectivity index (χ0n) is 15.0. The van der Waals surface area contributed by atoms with E-state index in [0.29, 0.717) is 13.2 Å². The molecule has 1 fully saturated rings. The summed E-state index contributed by atoms with van der Waals surface area (Å²) in [5, 5.41) is 16.0. The highest BCUT2D eigenvalue weighted by Gasteiger charge is 2.34. The Morgan fingerprint density at radius 2 is 2.28 bits per heavy atom. The summed E-state index contributed by atoms with van der Waals surface area (Å²) in [6.45, 7) is 5.68. The normalized spacial score (nSPS) is 20.6. The van der Waals surface area contributed by atoms with E-state index in [1.807, 2.05) is 25.1 Å². The molecular formula is C18H28BrN3O3. The molecule has 25 heavy (non-hydrogen) atoms. The second-order valence-electron chi connectivity index (χ2n) is 6.28. The maximum atomic E-state index is 9.35. The Morgan fingerprint density at radius 1 is 1.44 bits per heavy atom. The largest absolute Gasteiger partial charge is 0.496 e. The first-order valence-electron chi connectivity index (χ1n) is 8.65. The Morgan fingerprint density at radius 3 is 2.92 bits per heavy atom. The maximum Gasteiger partial charge on any atom is 0.191 e. The molecule has 1 atom stereocenters. The van der Waals surface area contributed by atoms with Gasteiger partial charge in [-0.3, -0.25) is 0 Å². The van der Waals surface area contributed by atoms with Gasteiger partial charge in [0.15, 0.2) is 5.96 Å². The molecule has 1 aromatic rings. The number of guanidine groups is 1. The molecule has 0 spiro atoms. The molecule has 1 saturated heterocycles. The summed E-state index contributed by atoms with van der Waals surface area (Å²) in [6, 6.07) is 5.90. The first-order chi connectivity index (χ1) is 12.1. The number of nitrogens with one attached hydrogen (secondary N) is 2. The van der Waals surface area contributed by atoms with E-state index >= 15 is 0 Å². The number of hydrogen-bond donors (Lipinski definition) is 3. The van der Waals surface area contributed by atoms with Crippen LogP contribution in [-0.4, -0.2) is 51.1 Å². The van der Waals surface area contributed by atoms with Crippen molar-refractivity contribution in [1.82, 2.24) is 10.6 Å². The van der Waals surface area contributed by atoms with E-state index in [9.17, 15) is 5.11 Å². The fraction of sp³-hybridized carbons (Fsp3) is 0.611. The van der Waals surface area contributed by atoms with Crippen LogP contribution in [0.5, 0.6) is 5.75 Å². The van der Waals surface area contributed by atoms with Gasteiger partial charge in [0.25, 0.3) is 0 Å². The summed E-state index contributed by atoms with van der Waals surface area (Å²) >= 11 is 3.49. The van der Waals surface area contributed by atoms with Gasteiger partial charge in [0, 0.05) is 41.8 Å². The lowest BCUT2D eigenvalue weighted by atomic mass is 9.84. The van der Waals surface area contributed by atoms with Crippen molar-refractivity contribution in [3.63, 3.8) is 0 Å². The molecule has 0 radical (unpaired) electrons. The van der Waals surface area contributed by atoms with Crippen molar-refractivity contribution < 1.29 is 14.6 Å². The van der Waals surface area contributed by atoms with E-state index in [2.05, 4.69) is 31.6 Å². The Balaban J connectivity index is 2.04. The van der Waals surface area contributed by atoms with E-state index in [1.54, 1.807) is 7.11 Å². The Bertz CT molecular complexity index is 575. The molecule has 1 aromatic carbocycles. The molecule has 1 heterocycles. The average Bonchev–Trinajstić information content (AvgIpc) is 3.07. The van der Waals surface area contributed by atoms with Crippen LogP contribution in [0.3, 0.4) is 0 Å². The molecule has 1 aliphatic heterocycles. The summed E-state index contributed by atoms with van der Waals surface area (Å²) in [7, 11) is 1.67. The Hall–Kier alpha value is -1.31. The van der Waals surface area contributed by atoms with Crippen LogP contribution in [0, 0.1) is 5.41 Å². The minimum absolute atomic E-state index is 0.0155. The summed E-state index contributed by atoms with van der Waals surface area (Å²) in [6.07, 6.45) is 1.69. The molecule has 0 bridgehead atoms. The van der Waals surface area contributed by atoms with Crippen LogP contribution in [0.4, 0.5) is 0 Å². The number of aliphatic imine (C=N–C) groups is 1. The second kappa shape index (κ2) is 9.99. The third-order valence-electron chi connectivity index (χ3n) is 4.45. The highest BCUT2D eigenvalue weighted by molar-refractivity contribution is 9.10. The van der Waals surface area contributed by atoms with Gasteiger partial charge in [0.1, 0.15) is 5.75 Å². The zero-order valence-corrected chi connectivity index (χ0v) is 16.6. The lowest BCUT2D eigenvalue weighted by molar-refractivity contribution is 0.127. The second-order valence-corrected chi connectivity index (χ2v) is 7.20. The molecule has 140 valence electrons. The number of methoxy groups -OCH3 is 1. The van der Waals surface area contributed by atoms with Crippen LogP contribution >= 0.6 is 15.9 Å². The van der Waals surface area contributed by atoms with Gasteiger partial charge in [0.2, 0.25) is 0 Å². The number of ether oxygens (including phenoxy) is 2. The SMILES string of the molecule is CCNC(=NCc1cc(Br)ccc1OC)NCC1(CCO)CCOC1. The van der Waals surface area contributed by atoms with Crippen LogP contribution in [0.25, 0.3) is 0 Å². The molecule has 1 aliphatic rings. The summed E-state index contributed by atoms with van der Waals surface area (Å²) in [4.78, 5) is 4.68. The first-order valence-corrected chi connectivity index (χ1v) is 9.45. The van der Waals surface area contributed by atoms with Gasteiger partial charge in [-0.25, -0.2) is 4.99 Å². The van der Waals surface area contributed by atoms with Crippen molar-refractivity contribution in [3.8, 4) is 5.75 Å². The smallest absolute Gasteiger partial charge is 0.191 e. The van der Waals surface area contributed by atoms with Crippen molar-refractivity contribution in [2.24, 2.45) is 10.4 Å². The number of aliphatic hydroxyl groups is 1. The average molecular weight is 414 g/mol. The molecule has 0 saturated carbocycles. The summed E-state index contributed by atoms with van der Waals surface area (Å²) in [5.41, 5.74) is 1.00. The van der Waals surface area contributed by atoms with Gasteiger partial charge in [-0.05, 0) is 38.0 Å². The van der Waals surface area contributed by atoms with E-state index in [1.165, 1.54) is 0 Å². The zero-order chi connectivity index (χ0) is 18.1. The standard InChI is InChI=1S/C18H28BrN3O3/c1-3-20-17(22-12-18(6-8-23)7-9-25-13-18)21-11-14-10-15(19)4-5-16(14)24-2/h4-5,10,23H,3,6-9,11-13H2,1-2H3,(H2,20,21,22). The number of hydrogen-bond acceptors (Lipinski definition) is 4. The van der Waals surface area contributed by atoms with Crippen molar-refractivity contribution >= 4 is 21.9 Å². The van der Waals surface area contributed by atoms with E-state index in [0.717, 1.165) is 54.3 Å². The molecule has 2 rings (SSSR count). The quantitative estimate of drug-likeness (QED) is 0.450. The number of halogens is 1. The predicted octanol–water partition coefficient (Wildman–Crippen LogP) is 2.30. The van der Waals surface area contributed by atoms with Crippen molar-refractivity contribution in [2.75, 3.05) is 40.0 Å². The topological polar surface area (TPSA) is 75.1 Å². The first kappa shape index (κ1) is 20.0. The highest BCUT2D eigenvalue weighted by atomic mass is 79.9. The van der Waals surface area contributed by atoms with E-state index in [4.69, 9.17) is 9.47 Å². The highest BCUT2D eigenvalue weighted by Crippen LogP contribution is 2.31. The lowest BCUT2D eigenvalue weighted by Gasteiger charge is -2.27. The molecule has 3 N–H and O–H groups in total. The van der Waals surface area contributed by atoms with Gasteiger partial charge < -0.3 is 25.2 Å². The number of rotatable bonds is 8. The molecule has 0 aromatic heterocycles. The van der Waals surface area contributed by atoms with Crippen LogP contribution < -0.4 is 15.4 Å². The van der Waals surface area contributed by atoms with Crippen LogP contribution in [0.2, 0.25) is 0 Å². The third-order valence-corrected chi connectivity index (χ3v) is 4.95. The molecule has 0 amide bonds. The Kier molecular flexibility index (Phi) is 7.99. The minimum Gasteiger partial charge on any atom is -0.496 e. The van der Waals surface area contributed by atoms with Gasteiger partial charge in [-0.1, -0.05) is 15.9 Å². The lowest BCUT2D eigenvalue weighted by Crippen LogP contribution is -2.44. The van der Waals surface area contributed by atoms with Gasteiger partial charge in [0.05, 0.1) is 20.3 Å². The van der Waals surface area contributed by atoms with Crippen LogP contribution in [-0.2, 0) is 11.3 Å². The fourth-order valence-electron chi connectivity index (χ4n) is 2.96. The van der Waals surface area contributed by atoms with E-state index < -0.39 is 0 Å². The predicted molar refractivity (Wildman–Crippen MR) is 103 cm³/mol. The van der Waals surface area contributed by atoms with Gasteiger partial charge in [-0.2, -0.15) is 0 Å².